The van der Waals surface area contributed by atoms with Gasteiger partial charge >= 0.3 is 0 Å². The molecule has 0 radical (unpaired) electrons. The summed E-state index contributed by atoms with van der Waals surface area (Å²) in [7, 11) is 3.87. The van der Waals surface area contributed by atoms with Gasteiger partial charge in [0.05, 0.1) is 22.3 Å². The van der Waals surface area contributed by atoms with Crippen LogP contribution in [0, 0.1) is 5.92 Å². The van der Waals surface area contributed by atoms with Gasteiger partial charge in [-0.1, -0.05) is 43.1 Å². The molecule has 0 aliphatic carbocycles. The van der Waals surface area contributed by atoms with Crippen LogP contribution in [0.2, 0.25) is 10.0 Å². The number of aliphatic hydroxyl groups is 1. The van der Waals surface area contributed by atoms with Crippen LogP contribution in [0.4, 0.5) is 5.69 Å². The number of anilines is 1. The van der Waals surface area contributed by atoms with Gasteiger partial charge in [-0.3, -0.25) is 14.5 Å². The van der Waals surface area contributed by atoms with Gasteiger partial charge < -0.3 is 14.7 Å². The molecule has 6 nitrogen and oxygen atoms in total. The molecule has 8 heteroatoms. The number of ketones is 1. The third kappa shape index (κ3) is 3.56. The van der Waals surface area contributed by atoms with Gasteiger partial charge in [0.25, 0.3) is 5.91 Å². The fourth-order valence-electron chi connectivity index (χ4n) is 4.17. The molecule has 0 aromatic heterocycles. The van der Waals surface area contributed by atoms with Crippen molar-refractivity contribution >= 4 is 40.6 Å². The smallest absolute Gasteiger partial charge is 0.294 e. The summed E-state index contributed by atoms with van der Waals surface area (Å²) in [5, 5.41) is 11.7. The van der Waals surface area contributed by atoms with E-state index in [2.05, 4.69) is 0 Å². The van der Waals surface area contributed by atoms with Gasteiger partial charge in [0.15, 0.2) is 11.5 Å². The van der Waals surface area contributed by atoms with E-state index in [0.29, 0.717) is 51.3 Å². The minimum Gasteiger partial charge on any atom is -0.503 e. The lowest BCUT2D eigenvalue weighted by Gasteiger charge is -2.36. The highest BCUT2D eigenvalue weighted by Gasteiger charge is 2.50. The Hall–Kier alpha value is -2.54. The van der Waals surface area contributed by atoms with Gasteiger partial charge in [-0.05, 0) is 49.5 Å². The average Bonchev–Trinajstić information content (AvgIpc) is 2.99. The summed E-state index contributed by atoms with van der Waals surface area (Å²) < 4.78 is 6.04. The standard InChI is InChI=1S/C24H24Cl2N2O4/c1-12(2)22(29)19-20-14-6-5-13(25)11-15(14)18-16(26)7-8-17(32-10-9-27(3)4)21(18)28(20)24(31)23(19)30/h5-8,11-12,20,30H,9-10H2,1-4H3. The summed E-state index contributed by atoms with van der Waals surface area (Å²) in [5.41, 5.74) is 2.48. The second-order valence-electron chi connectivity index (χ2n) is 8.51. The van der Waals surface area contributed by atoms with Crippen LogP contribution in [0.5, 0.6) is 5.75 Å². The lowest BCUT2D eigenvalue weighted by molar-refractivity contribution is -0.119. The van der Waals surface area contributed by atoms with Crippen LogP contribution in [-0.4, -0.2) is 48.9 Å². The molecule has 1 N–H and O–H groups in total. The van der Waals surface area contributed by atoms with E-state index in [4.69, 9.17) is 27.9 Å². The SMILES string of the molecule is CC(C)C(=O)C1=C(O)C(=O)N2c3c(OCCN(C)C)ccc(Cl)c3-c3cc(Cl)ccc3C12. The largest absolute Gasteiger partial charge is 0.503 e. The number of rotatable bonds is 6. The normalized spacial score (nSPS) is 17.1. The Kier molecular flexibility index (Phi) is 5.96. The topological polar surface area (TPSA) is 70.1 Å². The van der Waals surface area contributed by atoms with E-state index in [-0.39, 0.29) is 11.4 Å². The summed E-state index contributed by atoms with van der Waals surface area (Å²) >= 11 is 12.9. The number of carbonyl (C=O) groups excluding carboxylic acids is 2. The van der Waals surface area contributed by atoms with Crippen molar-refractivity contribution in [2.24, 2.45) is 5.92 Å². The van der Waals surface area contributed by atoms with E-state index in [1.165, 1.54) is 4.90 Å². The highest BCUT2D eigenvalue weighted by atomic mass is 35.5. The number of likely N-dealkylation sites (N-methyl/N-ethyl adjacent to an activating group) is 1. The zero-order valence-electron chi connectivity index (χ0n) is 18.3. The zero-order chi connectivity index (χ0) is 23.3. The molecule has 0 saturated carbocycles. The number of Topliss-reactive ketones (excluding diaryl/α,β-unsaturated/α-hetero) is 1. The number of hydrogen-bond acceptors (Lipinski definition) is 5. The van der Waals surface area contributed by atoms with Crippen molar-refractivity contribution in [1.29, 1.82) is 0 Å². The molecular weight excluding hydrogens is 451 g/mol. The van der Waals surface area contributed by atoms with Crippen LogP contribution < -0.4 is 9.64 Å². The Morgan fingerprint density at radius 1 is 1.22 bits per heavy atom. The predicted octanol–water partition coefficient (Wildman–Crippen LogP) is 5.04. The summed E-state index contributed by atoms with van der Waals surface area (Å²) in [6.45, 7) is 4.52. The first-order chi connectivity index (χ1) is 15.1. The molecular formula is C24H24Cl2N2O4. The lowest BCUT2D eigenvalue weighted by atomic mass is 9.83. The van der Waals surface area contributed by atoms with Crippen LogP contribution in [-0.2, 0) is 9.59 Å². The van der Waals surface area contributed by atoms with Crippen molar-refractivity contribution in [3.8, 4) is 16.9 Å². The van der Waals surface area contributed by atoms with E-state index in [0.717, 1.165) is 0 Å². The van der Waals surface area contributed by atoms with Crippen LogP contribution in [0.15, 0.2) is 41.7 Å². The molecule has 0 saturated heterocycles. The maximum Gasteiger partial charge on any atom is 0.294 e. The van der Waals surface area contributed by atoms with Crippen molar-refractivity contribution in [3.63, 3.8) is 0 Å². The van der Waals surface area contributed by atoms with E-state index < -0.39 is 23.6 Å². The predicted molar refractivity (Wildman–Crippen MR) is 126 cm³/mol. The zero-order valence-corrected chi connectivity index (χ0v) is 19.8. The van der Waals surface area contributed by atoms with Crippen LogP contribution in [0.25, 0.3) is 11.1 Å². The quantitative estimate of drug-likeness (QED) is 0.634. The highest BCUT2D eigenvalue weighted by molar-refractivity contribution is 6.36. The summed E-state index contributed by atoms with van der Waals surface area (Å²) in [6.07, 6.45) is 0. The molecule has 2 aliphatic heterocycles. The Morgan fingerprint density at radius 3 is 2.59 bits per heavy atom. The second kappa shape index (κ2) is 8.43. The van der Waals surface area contributed by atoms with Crippen molar-refractivity contribution < 1.29 is 19.4 Å². The van der Waals surface area contributed by atoms with Gasteiger partial charge in [0.1, 0.15) is 12.4 Å². The number of hydrogen-bond donors (Lipinski definition) is 1. The second-order valence-corrected chi connectivity index (χ2v) is 9.35. The average molecular weight is 475 g/mol. The molecule has 1 amide bonds. The molecule has 168 valence electrons. The fraction of sp³-hybridized carbons (Fsp3) is 0.333. The van der Waals surface area contributed by atoms with Crippen LogP contribution in [0.3, 0.4) is 0 Å². The van der Waals surface area contributed by atoms with Gasteiger partial charge in [-0.15, -0.1) is 0 Å². The minimum atomic E-state index is -0.785. The van der Waals surface area contributed by atoms with E-state index in [9.17, 15) is 14.7 Å². The third-order valence-corrected chi connectivity index (χ3v) is 6.25. The van der Waals surface area contributed by atoms with Gasteiger partial charge in [-0.25, -0.2) is 0 Å². The molecule has 1 unspecified atom stereocenters. The number of benzene rings is 2. The number of carbonyl (C=O) groups is 2. The van der Waals surface area contributed by atoms with E-state index in [1.807, 2.05) is 19.0 Å². The number of aliphatic hydroxyl groups excluding tert-OH is 1. The maximum absolute atomic E-state index is 13.3. The lowest BCUT2D eigenvalue weighted by Crippen LogP contribution is -2.35. The Balaban J connectivity index is 1.97. The molecule has 0 fully saturated rings. The molecule has 0 bridgehead atoms. The Morgan fingerprint density at radius 2 is 1.94 bits per heavy atom. The van der Waals surface area contributed by atoms with Crippen LogP contribution >= 0.6 is 23.2 Å². The molecule has 0 spiro atoms. The third-order valence-electron chi connectivity index (χ3n) is 5.70. The summed E-state index contributed by atoms with van der Waals surface area (Å²) in [4.78, 5) is 29.8. The number of nitrogens with zero attached hydrogens (tertiary/aromatic N) is 2. The summed E-state index contributed by atoms with van der Waals surface area (Å²) in [6, 6.07) is 7.87. The first kappa shape index (κ1) is 22.6. The highest BCUT2D eigenvalue weighted by Crippen LogP contribution is 2.57. The Labute approximate surface area is 197 Å². The van der Waals surface area contributed by atoms with E-state index in [1.54, 1.807) is 44.2 Å². The first-order valence-electron chi connectivity index (χ1n) is 10.3. The number of ether oxygens (including phenoxy) is 1. The minimum absolute atomic E-state index is 0.0819. The maximum atomic E-state index is 13.3. The van der Waals surface area contributed by atoms with Crippen molar-refractivity contribution in [1.82, 2.24) is 4.90 Å². The molecule has 2 aromatic carbocycles. The number of amides is 1. The first-order valence-corrected chi connectivity index (χ1v) is 11.1. The monoisotopic (exact) mass is 474 g/mol. The molecule has 4 rings (SSSR count). The molecule has 2 aliphatic rings. The molecule has 2 aromatic rings. The van der Waals surface area contributed by atoms with E-state index >= 15 is 0 Å². The number of fused-ring (bicyclic) bond motifs is 6. The molecule has 32 heavy (non-hydrogen) atoms. The van der Waals surface area contributed by atoms with Gasteiger partial charge in [0.2, 0.25) is 0 Å². The fourth-order valence-corrected chi connectivity index (χ4v) is 4.60. The molecule has 2 heterocycles. The molecule has 1 atom stereocenters. The number of halogens is 2. The van der Waals surface area contributed by atoms with Crippen molar-refractivity contribution in [3.05, 3.63) is 57.3 Å². The van der Waals surface area contributed by atoms with Crippen molar-refractivity contribution in [2.45, 2.75) is 19.9 Å². The van der Waals surface area contributed by atoms with Gasteiger partial charge in [-0.2, -0.15) is 0 Å². The van der Waals surface area contributed by atoms with Crippen LogP contribution in [0.1, 0.15) is 25.5 Å². The summed E-state index contributed by atoms with van der Waals surface area (Å²) in [5.74, 6) is -1.43. The Bertz CT molecular complexity index is 1160. The van der Waals surface area contributed by atoms with Gasteiger partial charge in [0, 0.05) is 23.0 Å². The van der Waals surface area contributed by atoms with Crippen molar-refractivity contribution in [2.75, 3.05) is 32.1 Å².